The summed E-state index contributed by atoms with van der Waals surface area (Å²) in [5.41, 5.74) is 7.67. The van der Waals surface area contributed by atoms with Gasteiger partial charge in [0.05, 0.1) is 29.0 Å². The summed E-state index contributed by atoms with van der Waals surface area (Å²) in [6, 6.07) is 2.83. The molecule has 1 saturated heterocycles. The molecule has 0 amide bonds. The second-order valence-corrected chi connectivity index (χ2v) is 8.46. The predicted molar refractivity (Wildman–Crippen MR) is 115 cm³/mol. The van der Waals surface area contributed by atoms with Crippen molar-refractivity contribution in [2.45, 2.75) is 12.2 Å². The lowest BCUT2D eigenvalue weighted by Gasteiger charge is -2.21. The summed E-state index contributed by atoms with van der Waals surface area (Å²) < 4.78 is 58.3. The number of nitrogens with two attached hydrogens (primary N) is 1. The molecule has 1 saturated carbocycles. The van der Waals surface area contributed by atoms with Gasteiger partial charge in [-0.3, -0.25) is 0 Å². The molecule has 1 aromatic carbocycles. The number of anilines is 2. The number of alkyl halides is 3. The normalized spacial score (nSPS) is 21.8. The Bertz CT molecular complexity index is 1410. The van der Waals surface area contributed by atoms with Gasteiger partial charge in [-0.1, -0.05) is 0 Å². The van der Waals surface area contributed by atoms with Gasteiger partial charge in [-0.2, -0.15) is 23.1 Å². The lowest BCUT2D eigenvalue weighted by molar-refractivity contribution is -0.145. The van der Waals surface area contributed by atoms with E-state index in [2.05, 4.69) is 35.1 Å². The summed E-state index contributed by atoms with van der Waals surface area (Å²) in [4.78, 5) is 20.8. The molecule has 0 bridgehead atoms. The molecule has 9 nitrogen and oxygen atoms in total. The van der Waals surface area contributed by atoms with E-state index in [1.807, 2.05) is 0 Å². The molecule has 0 radical (unpaired) electrons. The molecule has 3 aromatic heterocycles. The van der Waals surface area contributed by atoms with Crippen molar-refractivity contribution < 1.29 is 22.3 Å². The van der Waals surface area contributed by atoms with Gasteiger partial charge in [0, 0.05) is 31.6 Å². The average molecular weight is 474 g/mol. The summed E-state index contributed by atoms with van der Waals surface area (Å²) in [5.74, 6) is -0.507. The van der Waals surface area contributed by atoms with E-state index in [4.69, 9.17) is 10.5 Å². The summed E-state index contributed by atoms with van der Waals surface area (Å²) in [6.07, 6.45) is -2.84. The Labute approximate surface area is 189 Å². The summed E-state index contributed by atoms with van der Waals surface area (Å²) in [7, 11) is 1.68. The van der Waals surface area contributed by atoms with Crippen LogP contribution in [-0.2, 0) is 6.18 Å². The molecule has 1 aliphatic carbocycles. The van der Waals surface area contributed by atoms with E-state index in [0.29, 0.717) is 58.4 Å². The number of H-pyrrole nitrogens is 1. The van der Waals surface area contributed by atoms with Crippen LogP contribution in [0.1, 0.15) is 5.82 Å². The minimum absolute atomic E-state index is 0.0531. The molecule has 4 aromatic rings. The van der Waals surface area contributed by atoms with Gasteiger partial charge < -0.3 is 25.7 Å². The maximum atomic E-state index is 14.4. The fourth-order valence-corrected chi connectivity index (χ4v) is 4.66. The first-order chi connectivity index (χ1) is 16.2. The molecule has 4 heterocycles. The standard InChI is InChI=1S/C21H18F4N8O/c1-27-13-3-8(22)2-10-14-17(30-16(10)13)31-20(32-18(14)33-6-11-12(7-33)15(11)26)34-9-4-28-19(29-5-9)21(23,24)25/h2-5,11-12,15,27H,6-7,26H2,1H3,(H,30,31,32)/t11-,12+,15?. The molecule has 13 heteroatoms. The first-order valence-electron chi connectivity index (χ1n) is 10.5. The number of rotatable bonds is 4. The third-order valence-electron chi connectivity index (χ3n) is 6.41. The van der Waals surface area contributed by atoms with Crippen LogP contribution in [0.25, 0.3) is 21.9 Å². The van der Waals surface area contributed by atoms with E-state index in [-0.39, 0.29) is 17.8 Å². The smallest absolute Gasteiger partial charge is 0.421 e. The van der Waals surface area contributed by atoms with Gasteiger partial charge in [0.25, 0.3) is 0 Å². The first kappa shape index (κ1) is 20.8. The van der Waals surface area contributed by atoms with Gasteiger partial charge >= 0.3 is 12.2 Å². The number of hydrogen-bond donors (Lipinski definition) is 3. The summed E-state index contributed by atoms with van der Waals surface area (Å²) >= 11 is 0. The lowest BCUT2D eigenvalue weighted by atomic mass is 10.1. The highest BCUT2D eigenvalue weighted by Crippen LogP contribution is 2.47. The molecule has 3 atom stereocenters. The van der Waals surface area contributed by atoms with E-state index >= 15 is 0 Å². The Morgan fingerprint density at radius 2 is 1.85 bits per heavy atom. The first-order valence-corrected chi connectivity index (χ1v) is 10.5. The van der Waals surface area contributed by atoms with E-state index in [0.717, 1.165) is 12.4 Å². The molecule has 1 aliphatic heterocycles. The second kappa shape index (κ2) is 7.13. The molecular weight excluding hydrogens is 456 g/mol. The summed E-state index contributed by atoms with van der Waals surface area (Å²) in [5, 5.41) is 4.19. The highest BCUT2D eigenvalue weighted by molar-refractivity contribution is 6.14. The average Bonchev–Trinajstić information content (AvgIpc) is 3.14. The largest absolute Gasteiger partial charge is 0.451 e. The van der Waals surface area contributed by atoms with Gasteiger partial charge in [-0.25, -0.2) is 14.4 Å². The topological polar surface area (TPSA) is 118 Å². The van der Waals surface area contributed by atoms with Crippen LogP contribution in [-0.4, -0.2) is 51.1 Å². The minimum atomic E-state index is -4.66. The molecule has 4 N–H and O–H groups in total. The van der Waals surface area contributed by atoms with Crippen molar-refractivity contribution in [3.63, 3.8) is 0 Å². The number of piperidine rings is 1. The number of hydrogen-bond acceptors (Lipinski definition) is 8. The minimum Gasteiger partial charge on any atom is -0.421 e. The molecule has 2 fully saturated rings. The molecule has 34 heavy (non-hydrogen) atoms. The predicted octanol–water partition coefficient (Wildman–Crippen LogP) is 3.29. The Hall–Kier alpha value is -3.74. The molecule has 0 spiro atoms. The van der Waals surface area contributed by atoms with Crippen LogP contribution < -0.4 is 20.7 Å². The van der Waals surface area contributed by atoms with Crippen molar-refractivity contribution in [1.29, 1.82) is 0 Å². The Morgan fingerprint density at radius 1 is 1.15 bits per heavy atom. The molecule has 176 valence electrons. The van der Waals surface area contributed by atoms with Crippen molar-refractivity contribution in [1.82, 2.24) is 24.9 Å². The number of ether oxygens (including phenoxy) is 1. The van der Waals surface area contributed by atoms with Crippen molar-refractivity contribution in [2.75, 3.05) is 30.4 Å². The maximum Gasteiger partial charge on any atom is 0.451 e. The number of halogens is 4. The van der Waals surface area contributed by atoms with Gasteiger partial charge in [0.1, 0.15) is 17.3 Å². The number of aromatic nitrogens is 5. The third kappa shape index (κ3) is 3.26. The Morgan fingerprint density at radius 3 is 2.50 bits per heavy atom. The second-order valence-electron chi connectivity index (χ2n) is 8.46. The van der Waals surface area contributed by atoms with Crippen LogP contribution >= 0.6 is 0 Å². The van der Waals surface area contributed by atoms with Crippen molar-refractivity contribution in [2.24, 2.45) is 17.6 Å². The number of fused-ring (bicyclic) bond motifs is 4. The van der Waals surface area contributed by atoms with E-state index in [1.165, 1.54) is 12.1 Å². The summed E-state index contributed by atoms with van der Waals surface area (Å²) in [6.45, 7) is 1.36. The van der Waals surface area contributed by atoms with Crippen LogP contribution in [0.3, 0.4) is 0 Å². The number of benzene rings is 1. The van der Waals surface area contributed by atoms with Crippen LogP contribution in [0.4, 0.5) is 29.1 Å². The third-order valence-corrected chi connectivity index (χ3v) is 6.41. The number of aromatic amines is 1. The zero-order chi connectivity index (χ0) is 23.8. The van der Waals surface area contributed by atoms with Gasteiger partial charge in [0.15, 0.2) is 5.75 Å². The highest BCUT2D eigenvalue weighted by Gasteiger charge is 2.54. The van der Waals surface area contributed by atoms with E-state index in [9.17, 15) is 17.6 Å². The maximum absolute atomic E-state index is 14.4. The monoisotopic (exact) mass is 474 g/mol. The van der Waals surface area contributed by atoms with Crippen molar-refractivity contribution in [3.05, 3.63) is 36.2 Å². The molecule has 1 unspecified atom stereocenters. The van der Waals surface area contributed by atoms with Crippen LogP contribution in [0.5, 0.6) is 11.8 Å². The fourth-order valence-electron chi connectivity index (χ4n) is 4.66. The van der Waals surface area contributed by atoms with Crippen LogP contribution in [0.15, 0.2) is 24.5 Å². The molecular formula is C21H18F4N8O. The van der Waals surface area contributed by atoms with Crippen molar-refractivity contribution >= 4 is 33.4 Å². The highest BCUT2D eigenvalue weighted by atomic mass is 19.4. The van der Waals surface area contributed by atoms with Crippen LogP contribution in [0.2, 0.25) is 0 Å². The molecule has 6 rings (SSSR count). The van der Waals surface area contributed by atoms with Gasteiger partial charge in [-0.05, 0) is 24.0 Å². The van der Waals surface area contributed by atoms with Crippen molar-refractivity contribution in [3.8, 4) is 11.8 Å². The lowest BCUT2D eigenvalue weighted by Crippen LogP contribution is -2.29. The SMILES string of the molecule is CNc1cc(F)cc2c1[nH]c1nc(Oc3cnc(C(F)(F)F)nc3)nc(N3C[C@@H]4C(N)[C@@H]4C3)c12. The Kier molecular flexibility index (Phi) is 4.37. The van der Waals surface area contributed by atoms with Crippen LogP contribution in [0, 0.1) is 17.7 Å². The molecule has 2 aliphatic rings. The van der Waals surface area contributed by atoms with Gasteiger partial charge in [0.2, 0.25) is 5.82 Å². The Balaban J connectivity index is 1.46. The number of nitrogens with one attached hydrogen (secondary N) is 2. The van der Waals surface area contributed by atoms with E-state index in [1.54, 1.807) is 7.05 Å². The zero-order valence-electron chi connectivity index (χ0n) is 17.7. The quantitative estimate of drug-likeness (QED) is 0.386. The van der Waals surface area contributed by atoms with E-state index < -0.39 is 17.8 Å². The number of nitrogens with zero attached hydrogens (tertiary/aromatic N) is 5. The van der Waals surface area contributed by atoms with Gasteiger partial charge in [-0.15, -0.1) is 0 Å². The zero-order valence-corrected chi connectivity index (χ0v) is 17.7. The fraction of sp³-hybridized carbons (Fsp3) is 0.333.